The highest BCUT2D eigenvalue weighted by molar-refractivity contribution is 7.78. The summed E-state index contributed by atoms with van der Waals surface area (Å²) in [6.07, 6.45) is 4.23. The lowest BCUT2D eigenvalue weighted by Gasteiger charge is -2.22. The molecule has 1 saturated carbocycles. The van der Waals surface area contributed by atoms with E-state index in [1.165, 1.54) is 0 Å². The maximum atomic E-state index is 11.2. The van der Waals surface area contributed by atoms with Gasteiger partial charge in [0.1, 0.15) is 0 Å². The van der Waals surface area contributed by atoms with Crippen LogP contribution in [0.15, 0.2) is 4.99 Å². The molecule has 2 nitrogen and oxygen atoms in total. The van der Waals surface area contributed by atoms with Crippen molar-refractivity contribution < 1.29 is 4.79 Å². The van der Waals surface area contributed by atoms with Crippen LogP contribution in [0.2, 0.25) is 0 Å². The van der Waals surface area contributed by atoms with Crippen molar-refractivity contribution in [1.82, 2.24) is 0 Å². The molecule has 0 aromatic rings. The highest BCUT2D eigenvalue weighted by atomic mass is 32.1. The topological polar surface area (TPSA) is 29.4 Å². The Kier molecular flexibility index (Phi) is 3.57. The van der Waals surface area contributed by atoms with Crippen molar-refractivity contribution in [3.63, 3.8) is 0 Å². The smallest absolute Gasteiger partial charge is 0.257 e. The molecule has 1 aliphatic carbocycles. The monoisotopic (exact) mass is 183 g/mol. The van der Waals surface area contributed by atoms with Crippen molar-refractivity contribution in [2.45, 2.75) is 32.6 Å². The first-order valence-electron chi connectivity index (χ1n) is 4.35. The fraction of sp³-hybridized carbons (Fsp3) is 0.778. The molecule has 0 aromatic carbocycles. The van der Waals surface area contributed by atoms with E-state index in [0.717, 1.165) is 31.6 Å². The molecule has 1 fully saturated rings. The predicted octanol–water partition coefficient (Wildman–Crippen LogP) is 2.44. The van der Waals surface area contributed by atoms with E-state index in [1.807, 2.05) is 0 Å². The van der Waals surface area contributed by atoms with Crippen molar-refractivity contribution in [2.75, 3.05) is 0 Å². The minimum absolute atomic E-state index is 0.0723. The first-order valence-corrected chi connectivity index (χ1v) is 4.76. The van der Waals surface area contributed by atoms with Gasteiger partial charge in [0.2, 0.25) is 0 Å². The molecule has 0 saturated heterocycles. The summed E-state index contributed by atoms with van der Waals surface area (Å²) in [6.45, 7) is 2.23. The molecule has 0 aliphatic heterocycles. The first kappa shape index (κ1) is 9.56. The third kappa shape index (κ3) is 2.50. The van der Waals surface area contributed by atoms with Gasteiger partial charge in [-0.2, -0.15) is 4.99 Å². The summed E-state index contributed by atoms with van der Waals surface area (Å²) in [7, 11) is 0. The van der Waals surface area contributed by atoms with Gasteiger partial charge in [0.05, 0.1) is 5.16 Å². The number of hydrogen-bond donors (Lipinski definition) is 0. The Labute approximate surface area is 78.1 Å². The molecule has 1 amide bonds. The summed E-state index contributed by atoms with van der Waals surface area (Å²) >= 11 is 4.38. The standard InChI is InChI=1S/C9H13NOS/c1-7-2-4-8(5-3-7)9(11)10-6-12/h7-8H,2-5H2,1H3. The Morgan fingerprint density at radius 2 is 2.00 bits per heavy atom. The van der Waals surface area contributed by atoms with Crippen molar-refractivity contribution in [1.29, 1.82) is 0 Å². The SMILES string of the molecule is CC1CCC(C(=O)N=C=S)CC1. The summed E-state index contributed by atoms with van der Waals surface area (Å²) in [5.74, 6) is 0.819. The summed E-state index contributed by atoms with van der Waals surface area (Å²) in [6, 6.07) is 0. The lowest BCUT2D eigenvalue weighted by Crippen LogP contribution is -2.19. The van der Waals surface area contributed by atoms with Crippen LogP contribution < -0.4 is 0 Å². The Morgan fingerprint density at radius 1 is 1.42 bits per heavy atom. The second-order valence-electron chi connectivity index (χ2n) is 3.50. The molecule has 0 unspecified atom stereocenters. The lowest BCUT2D eigenvalue weighted by atomic mass is 9.83. The zero-order chi connectivity index (χ0) is 8.97. The van der Waals surface area contributed by atoms with Crippen LogP contribution in [-0.2, 0) is 4.79 Å². The van der Waals surface area contributed by atoms with Gasteiger partial charge >= 0.3 is 0 Å². The molecular weight excluding hydrogens is 170 g/mol. The van der Waals surface area contributed by atoms with Crippen LogP contribution in [-0.4, -0.2) is 11.1 Å². The Balaban J connectivity index is 2.44. The molecule has 0 bridgehead atoms. The van der Waals surface area contributed by atoms with Gasteiger partial charge in [-0.15, -0.1) is 0 Å². The largest absolute Gasteiger partial charge is 0.272 e. The quantitative estimate of drug-likeness (QED) is 0.461. The molecule has 0 spiro atoms. The third-order valence-electron chi connectivity index (χ3n) is 2.52. The zero-order valence-corrected chi connectivity index (χ0v) is 8.06. The molecule has 0 radical (unpaired) electrons. The minimum atomic E-state index is -0.0723. The highest BCUT2D eigenvalue weighted by Gasteiger charge is 2.23. The molecule has 1 aliphatic rings. The van der Waals surface area contributed by atoms with Crippen LogP contribution in [0.1, 0.15) is 32.6 Å². The highest BCUT2D eigenvalue weighted by Crippen LogP contribution is 2.28. The minimum Gasteiger partial charge on any atom is -0.272 e. The number of carbonyl (C=O) groups is 1. The predicted molar refractivity (Wildman–Crippen MR) is 51.2 cm³/mol. The Bertz CT molecular complexity index is 213. The van der Waals surface area contributed by atoms with E-state index in [4.69, 9.17) is 0 Å². The van der Waals surface area contributed by atoms with Gasteiger partial charge < -0.3 is 0 Å². The number of isothiocyanates is 1. The fourth-order valence-electron chi connectivity index (χ4n) is 1.64. The van der Waals surface area contributed by atoms with Gasteiger partial charge in [0, 0.05) is 5.92 Å². The van der Waals surface area contributed by atoms with E-state index in [2.05, 4.69) is 29.3 Å². The number of carbonyl (C=O) groups excluding carboxylic acids is 1. The average Bonchev–Trinajstić information content (AvgIpc) is 2.06. The summed E-state index contributed by atoms with van der Waals surface area (Å²) < 4.78 is 0. The Morgan fingerprint density at radius 3 is 2.50 bits per heavy atom. The fourth-order valence-corrected chi connectivity index (χ4v) is 1.73. The molecular formula is C9H13NOS. The van der Waals surface area contributed by atoms with Gasteiger partial charge in [-0.25, -0.2) is 0 Å². The van der Waals surface area contributed by atoms with Crippen LogP contribution >= 0.6 is 12.2 Å². The van der Waals surface area contributed by atoms with Crippen LogP contribution in [0.5, 0.6) is 0 Å². The summed E-state index contributed by atoms with van der Waals surface area (Å²) in [5.41, 5.74) is 0. The first-order chi connectivity index (χ1) is 5.74. The van der Waals surface area contributed by atoms with Gasteiger partial charge in [-0.05, 0) is 43.8 Å². The van der Waals surface area contributed by atoms with E-state index in [-0.39, 0.29) is 11.8 Å². The lowest BCUT2D eigenvalue weighted by molar-refractivity contribution is -0.122. The second kappa shape index (κ2) is 4.48. The molecule has 0 aromatic heterocycles. The van der Waals surface area contributed by atoms with Gasteiger partial charge in [-0.1, -0.05) is 6.92 Å². The third-order valence-corrected chi connectivity index (χ3v) is 2.61. The van der Waals surface area contributed by atoms with E-state index < -0.39 is 0 Å². The van der Waals surface area contributed by atoms with Crippen molar-refractivity contribution in [3.8, 4) is 0 Å². The molecule has 1 rings (SSSR count). The second-order valence-corrected chi connectivity index (χ2v) is 3.68. The van der Waals surface area contributed by atoms with Crippen molar-refractivity contribution >= 4 is 23.3 Å². The van der Waals surface area contributed by atoms with Crippen LogP contribution in [0.3, 0.4) is 0 Å². The maximum Gasteiger partial charge on any atom is 0.257 e. The van der Waals surface area contributed by atoms with Gasteiger partial charge in [0.15, 0.2) is 0 Å². The van der Waals surface area contributed by atoms with E-state index in [0.29, 0.717) is 0 Å². The molecule has 0 N–H and O–H groups in total. The van der Waals surface area contributed by atoms with Gasteiger partial charge in [0.25, 0.3) is 5.91 Å². The van der Waals surface area contributed by atoms with E-state index in [1.54, 1.807) is 0 Å². The summed E-state index contributed by atoms with van der Waals surface area (Å²) in [4.78, 5) is 14.7. The molecule has 0 heterocycles. The average molecular weight is 183 g/mol. The molecule has 66 valence electrons. The van der Waals surface area contributed by atoms with Crippen molar-refractivity contribution in [3.05, 3.63) is 0 Å². The molecule has 12 heavy (non-hydrogen) atoms. The van der Waals surface area contributed by atoms with Crippen molar-refractivity contribution in [2.24, 2.45) is 16.8 Å². The van der Waals surface area contributed by atoms with Crippen LogP contribution in [0.25, 0.3) is 0 Å². The summed E-state index contributed by atoms with van der Waals surface area (Å²) in [5, 5.41) is 2.13. The normalized spacial score (nSPS) is 29.1. The number of rotatable bonds is 1. The molecule has 0 atom stereocenters. The number of nitrogens with zero attached hydrogens (tertiary/aromatic N) is 1. The number of amides is 1. The maximum absolute atomic E-state index is 11.2. The number of hydrogen-bond acceptors (Lipinski definition) is 2. The van der Waals surface area contributed by atoms with Crippen LogP contribution in [0, 0.1) is 11.8 Å². The van der Waals surface area contributed by atoms with Crippen LogP contribution in [0.4, 0.5) is 0 Å². The Hall–Kier alpha value is -0.530. The van der Waals surface area contributed by atoms with E-state index >= 15 is 0 Å². The van der Waals surface area contributed by atoms with Gasteiger partial charge in [-0.3, -0.25) is 4.79 Å². The van der Waals surface area contributed by atoms with E-state index in [9.17, 15) is 4.79 Å². The number of thiocarbonyl (C=S) groups is 1. The number of aliphatic imine (C=N–C) groups is 1. The zero-order valence-electron chi connectivity index (χ0n) is 7.25. The molecule has 3 heteroatoms.